The molecule has 2 amide bonds. The van der Waals surface area contributed by atoms with Gasteiger partial charge in [-0.25, -0.2) is 0 Å². The first kappa shape index (κ1) is 8.65. The second kappa shape index (κ2) is 2.69. The van der Waals surface area contributed by atoms with Crippen molar-refractivity contribution in [1.82, 2.24) is 4.90 Å². The van der Waals surface area contributed by atoms with Crippen LogP contribution in [0.5, 0.6) is 0 Å². The number of hydrogen-bond acceptors (Lipinski definition) is 2. The van der Waals surface area contributed by atoms with Gasteiger partial charge in [-0.3, -0.25) is 14.5 Å². The van der Waals surface area contributed by atoms with Crippen LogP contribution in [-0.2, 0) is 15.0 Å². The van der Waals surface area contributed by atoms with E-state index in [2.05, 4.69) is 0 Å². The first-order valence-corrected chi connectivity index (χ1v) is 5.11. The highest BCUT2D eigenvalue weighted by atomic mass is 16.2. The van der Waals surface area contributed by atoms with Gasteiger partial charge in [-0.15, -0.1) is 0 Å². The number of nitrogens with zero attached hydrogens (tertiary/aromatic N) is 1. The van der Waals surface area contributed by atoms with E-state index in [1.807, 2.05) is 30.3 Å². The first-order valence-electron chi connectivity index (χ1n) is 5.11. The predicted octanol–water partition coefficient (Wildman–Crippen LogP) is 1.09. The van der Waals surface area contributed by atoms with Crippen LogP contribution in [-0.4, -0.2) is 23.3 Å². The molecule has 0 spiro atoms. The van der Waals surface area contributed by atoms with E-state index in [0.29, 0.717) is 6.41 Å². The fourth-order valence-corrected chi connectivity index (χ4v) is 2.78. The lowest BCUT2D eigenvalue weighted by molar-refractivity contribution is -0.135. The lowest BCUT2D eigenvalue weighted by Gasteiger charge is -2.34. The predicted molar refractivity (Wildman–Crippen MR) is 54.1 cm³/mol. The van der Waals surface area contributed by atoms with Crippen LogP contribution in [0.1, 0.15) is 18.4 Å². The van der Waals surface area contributed by atoms with Gasteiger partial charge in [-0.2, -0.15) is 0 Å². The normalized spacial score (nSPS) is 32.7. The summed E-state index contributed by atoms with van der Waals surface area (Å²) in [5, 5.41) is 0. The quantitative estimate of drug-likeness (QED) is 0.671. The Kier molecular flexibility index (Phi) is 1.55. The molecule has 3 aliphatic rings. The van der Waals surface area contributed by atoms with Crippen LogP contribution >= 0.6 is 0 Å². The van der Waals surface area contributed by atoms with Crippen molar-refractivity contribution in [3.63, 3.8) is 0 Å². The number of hydrogen-bond donors (Lipinski definition) is 0. The number of carbonyl (C=O) groups excluding carboxylic acids is 2. The molecule has 3 heteroatoms. The molecule has 4 rings (SSSR count). The van der Waals surface area contributed by atoms with Gasteiger partial charge in [0.25, 0.3) is 0 Å². The molecular weight excluding hydrogens is 190 g/mol. The molecule has 76 valence electrons. The molecule has 2 bridgehead atoms. The molecule has 3 fully saturated rings. The van der Waals surface area contributed by atoms with Gasteiger partial charge in [0, 0.05) is 6.04 Å². The zero-order valence-corrected chi connectivity index (χ0v) is 8.22. The average Bonchev–Trinajstić information content (AvgIpc) is 2.65. The summed E-state index contributed by atoms with van der Waals surface area (Å²) in [7, 11) is 0. The topological polar surface area (TPSA) is 37.4 Å². The summed E-state index contributed by atoms with van der Waals surface area (Å²) in [6, 6.07) is 9.91. The summed E-state index contributed by atoms with van der Waals surface area (Å²) in [5.41, 5.74) is 0.669. The summed E-state index contributed by atoms with van der Waals surface area (Å²) < 4.78 is 0. The van der Waals surface area contributed by atoms with E-state index in [-0.39, 0.29) is 17.4 Å². The second-order valence-electron chi connectivity index (χ2n) is 4.33. The van der Waals surface area contributed by atoms with Crippen molar-refractivity contribution in [2.24, 2.45) is 0 Å². The summed E-state index contributed by atoms with van der Waals surface area (Å²) in [6.07, 6.45) is 2.27. The van der Waals surface area contributed by atoms with Crippen molar-refractivity contribution < 1.29 is 9.59 Å². The minimum absolute atomic E-state index is 0.0197. The van der Waals surface area contributed by atoms with Crippen LogP contribution in [0.25, 0.3) is 0 Å². The van der Waals surface area contributed by atoms with Gasteiger partial charge < -0.3 is 0 Å². The molecule has 0 unspecified atom stereocenters. The molecule has 1 aromatic carbocycles. The van der Waals surface area contributed by atoms with E-state index >= 15 is 0 Å². The standard InChI is InChI=1S/C12H11NO2/c14-8-13-10-6-12(7-10,11(13)15)9-4-2-1-3-5-9/h1-5,8,10H,6-7H2. The zero-order chi connectivity index (χ0) is 10.5. The van der Waals surface area contributed by atoms with Crippen LogP contribution in [0.15, 0.2) is 30.3 Å². The van der Waals surface area contributed by atoms with Crippen LogP contribution < -0.4 is 0 Å². The molecule has 0 aromatic heterocycles. The number of benzene rings is 1. The third-order valence-corrected chi connectivity index (χ3v) is 3.65. The van der Waals surface area contributed by atoms with Gasteiger partial charge in [-0.1, -0.05) is 30.3 Å². The number of imide groups is 1. The highest BCUT2D eigenvalue weighted by Gasteiger charge is 2.62. The molecule has 0 N–H and O–H groups in total. The summed E-state index contributed by atoms with van der Waals surface area (Å²) in [6.45, 7) is 0. The van der Waals surface area contributed by atoms with Crippen molar-refractivity contribution in [1.29, 1.82) is 0 Å². The number of carbonyl (C=O) groups is 2. The Morgan fingerprint density at radius 2 is 1.93 bits per heavy atom. The number of rotatable bonds is 2. The van der Waals surface area contributed by atoms with Crippen molar-refractivity contribution >= 4 is 12.3 Å². The molecule has 1 aromatic rings. The van der Waals surface area contributed by atoms with Crippen LogP contribution in [0, 0.1) is 0 Å². The van der Waals surface area contributed by atoms with E-state index in [9.17, 15) is 9.59 Å². The van der Waals surface area contributed by atoms with Gasteiger partial charge in [0.2, 0.25) is 12.3 Å². The molecule has 0 atom stereocenters. The SMILES string of the molecule is O=CN1C(=O)C2(c3ccccc3)CC1C2. The molecule has 2 heterocycles. The lowest BCUT2D eigenvalue weighted by Crippen LogP contribution is -2.39. The van der Waals surface area contributed by atoms with Crippen LogP contribution in [0.4, 0.5) is 0 Å². The summed E-state index contributed by atoms with van der Waals surface area (Å²) >= 11 is 0. The van der Waals surface area contributed by atoms with Crippen molar-refractivity contribution in [3.05, 3.63) is 35.9 Å². The molecular formula is C12H11NO2. The first-order chi connectivity index (χ1) is 7.28. The van der Waals surface area contributed by atoms with E-state index in [0.717, 1.165) is 18.4 Å². The maximum Gasteiger partial charge on any atom is 0.240 e. The smallest absolute Gasteiger partial charge is 0.240 e. The minimum atomic E-state index is -0.382. The Hall–Kier alpha value is -1.64. The Morgan fingerprint density at radius 1 is 1.27 bits per heavy atom. The molecule has 15 heavy (non-hydrogen) atoms. The fraction of sp³-hybridized carbons (Fsp3) is 0.333. The molecule has 2 aliphatic heterocycles. The second-order valence-corrected chi connectivity index (χ2v) is 4.33. The average molecular weight is 201 g/mol. The minimum Gasteiger partial charge on any atom is -0.281 e. The molecule has 1 saturated carbocycles. The maximum absolute atomic E-state index is 12.0. The van der Waals surface area contributed by atoms with Crippen molar-refractivity contribution in [2.75, 3.05) is 0 Å². The van der Waals surface area contributed by atoms with Gasteiger partial charge in [0.15, 0.2) is 0 Å². The Bertz CT molecular complexity index is 421. The highest BCUT2D eigenvalue weighted by Crippen LogP contribution is 2.53. The van der Waals surface area contributed by atoms with E-state index in [1.54, 1.807) is 0 Å². The summed E-state index contributed by atoms with van der Waals surface area (Å²) in [4.78, 5) is 24.1. The summed E-state index contributed by atoms with van der Waals surface area (Å²) in [5.74, 6) is -0.0197. The maximum atomic E-state index is 12.0. The Morgan fingerprint density at radius 3 is 2.47 bits per heavy atom. The Balaban J connectivity index is 2.03. The molecule has 2 saturated heterocycles. The van der Waals surface area contributed by atoms with Gasteiger partial charge in [0.05, 0.1) is 5.41 Å². The van der Waals surface area contributed by atoms with Crippen LogP contribution in [0.2, 0.25) is 0 Å². The van der Waals surface area contributed by atoms with Crippen molar-refractivity contribution in [3.8, 4) is 0 Å². The van der Waals surface area contributed by atoms with Gasteiger partial charge >= 0.3 is 0 Å². The monoisotopic (exact) mass is 201 g/mol. The third kappa shape index (κ3) is 0.902. The van der Waals surface area contributed by atoms with E-state index in [4.69, 9.17) is 0 Å². The molecule has 3 nitrogen and oxygen atoms in total. The largest absolute Gasteiger partial charge is 0.281 e. The van der Waals surface area contributed by atoms with Gasteiger partial charge in [0.1, 0.15) is 0 Å². The molecule has 1 aliphatic carbocycles. The third-order valence-electron chi connectivity index (χ3n) is 3.65. The van der Waals surface area contributed by atoms with Crippen molar-refractivity contribution in [2.45, 2.75) is 24.3 Å². The number of fused-ring (bicyclic) bond motifs is 1. The molecule has 0 radical (unpaired) electrons. The van der Waals surface area contributed by atoms with E-state index in [1.165, 1.54) is 4.90 Å². The fourth-order valence-electron chi connectivity index (χ4n) is 2.78. The zero-order valence-electron chi connectivity index (χ0n) is 8.22. The van der Waals surface area contributed by atoms with Crippen LogP contribution in [0.3, 0.4) is 0 Å². The lowest BCUT2D eigenvalue weighted by atomic mass is 9.65. The van der Waals surface area contributed by atoms with Gasteiger partial charge in [-0.05, 0) is 18.4 Å². The number of amides is 2. The highest BCUT2D eigenvalue weighted by molar-refractivity contribution is 6.00. The Labute approximate surface area is 87.7 Å². The van der Waals surface area contributed by atoms with E-state index < -0.39 is 0 Å².